The van der Waals surface area contributed by atoms with Crippen molar-refractivity contribution in [2.24, 2.45) is 4.99 Å². The van der Waals surface area contributed by atoms with E-state index in [0.717, 1.165) is 24.1 Å². The molecule has 2 aliphatic carbocycles. The molecule has 1 atom stereocenters. The van der Waals surface area contributed by atoms with Crippen LogP contribution in [-0.2, 0) is 12.8 Å². The summed E-state index contributed by atoms with van der Waals surface area (Å²) in [4.78, 5) is 19.8. The van der Waals surface area contributed by atoms with Crippen LogP contribution in [0.4, 0.5) is 0 Å². The maximum Gasteiger partial charge on any atom is 0.163 e. The molecule has 0 radical (unpaired) electrons. The number of carbonyl (C=O) groups is 1. The van der Waals surface area contributed by atoms with Crippen LogP contribution in [0, 0.1) is 0 Å². The van der Waals surface area contributed by atoms with Gasteiger partial charge in [0.15, 0.2) is 5.78 Å². The number of fused-ring (bicyclic) bond motifs is 5. The largest absolute Gasteiger partial charge is 0.303 e. The first-order chi connectivity index (χ1) is 16.2. The lowest BCUT2D eigenvalue weighted by atomic mass is 9.74. The standard InChI is InChI=1S/C30H36N2O/c1-3-15-31-21(2)22-8-9-23-19-24(14-18-32-16-6-4-5-7-17-32)25-10-11-26-27(12-13-29(26)33)30(25)28(23)20-22/h3,8-11,15,20,24H,4-7,12-14,16-19H2,1-2H3/b15-3-,31-21?. The first-order valence-corrected chi connectivity index (χ1v) is 12.9. The minimum Gasteiger partial charge on any atom is -0.303 e. The molecule has 0 spiro atoms. The van der Waals surface area contributed by atoms with Gasteiger partial charge in [-0.25, -0.2) is 0 Å². The molecule has 0 N–H and O–H groups in total. The molecule has 1 fully saturated rings. The molecule has 172 valence electrons. The Bertz CT molecular complexity index is 1100. The number of rotatable bonds is 5. The van der Waals surface area contributed by atoms with Crippen LogP contribution in [0.15, 0.2) is 47.6 Å². The third kappa shape index (κ3) is 4.48. The third-order valence-corrected chi connectivity index (χ3v) is 7.86. The van der Waals surface area contributed by atoms with Gasteiger partial charge in [0.2, 0.25) is 0 Å². The molecule has 5 rings (SSSR count). The van der Waals surface area contributed by atoms with E-state index >= 15 is 0 Å². The minimum absolute atomic E-state index is 0.308. The Kier molecular flexibility index (Phi) is 6.59. The van der Waals surface area contributed by atoms with Gasteiger partial charge in [0.05, 0.1) is 0 Å². The van der Waals surface area contributed by atoms with Gasteiger partial charge in [-0.3, -0.25) is 9.79 Å². The maximum atomic E-state index is 12.6. The van der Waals surface area contributed by atoms with Crippen LogP contribution in [0.5, 0.6) is 0 Å². The highest BCUT2D eigenvalue weighted by Gasteiger charge is 2.32. The Morgan fingerprint density at radius 1 is 1.06 bits per heavy atom. The van der Waals surface area contributed by atoms with Crippen molar-refractivity contribution in [2.75, 3.05) is 19.6 Å². The molecule has 1 aliphatic heterocycles. The zero-order chi connectivity index (χ0) is 22.8. The molecule has 0 bridgehead atoms. The number of ketones is 1. The van der Waals surface area contributed by atoms with E-state index in [1.165, 1.54) is 85.1 Å². The van der Waals surface area contributed by atoms with Gasteiger partial charge >= 0.3 is 0 Å². The average molecular weight is 441 g/mol. The van der Waals surface area contributed by atoms with Crippen LogP contribution in [0.3, 0.4) is 0 Å². The van der Waals surface area contributed by atoms with Crippen molar-refractivity contribution in [1.82, 2.24) is 4.90 Å². The lowest BCUT2D eigenvalue weighted by Crippen LogP contribution is -2.28. The van der Waals surface area contributed by atoms with Crippen molar-refractivity contribution in [2.45, 2.75) is 71.1 Å². The number of benzene rings is 2. The highest BCUT2D eigenvalue weighted by atomic mass is 16.1. The van der Waals surface area contributed by atoms with E-state index < -0.39 is 0 Å². The lowest BCUT2D eigenvalue weighted by Gasteiger charge is -2.32. The number of Topliss-reactive ketones (excluding diaryl/α,β-unsaturated/α-hetero) is 1. The molecule has 2 aromatic carbocycles. The summed E-state index contributed by atoms with van der Waals surface area (Å²) >= 11 is 0. The maximum absolute atomic E-state index is 12.6. The number of carbonyl (C=O) groups excluding carboxylic acids is 1. The Hall–Kier alpha value is -2.52. The summed E-state index contributed by atoms with van der Waals surface area (Å²) in [6.07, 6.45) is 13.1. The van der Waals surface area contributed by atoms with Crippen LogP contribution >= 0.6 is 0 Å². The Balaban J connectivity index is 1.52. The smallest absolute Gasteiger partial charge is 0.163 e. The quantitative estimate of drug-likeness (QED) is 0.483. The normalized spacial score (nSPS) is 21.1. The van der Waals surface area contributed by atoms with Crippen molar-refractivity contribution < 1.29 is 4.79 Å². The first-order valence-electron chi connectivity index (χ1n) is 12.9. The summed E-state index contributed by atoms with van der Waals surface area (Å²) < 4.78 is 0. The molecule has 3 heteroatoms. The summed E-state index contributed by atoms with van der Waals surface area (Å²) in [6, 6.07) is 11.3. The zero-order valence-electron chi connectivity index (χ0n) is 20.2. The molecule has 0 amide bonds. The van der Waals surface area contributed by atoms with Crippen molar-refractivity contribution in [3.63, 3.8) is 0 Å². The average Bonchev–Trinajstić information content (AvgIpc) is 3.04. The van der Waals surface area contributed by atoms with Crippen molar-refractivity contribution in [1.29, 1.82) is 0 Å². The van der Waals surface area contributed by atoms with Gasteiger partial charge in [-0.15, -0.1) is 0 Å². The second-order valence-electron chi connectivity index (χ2n) is 9.99. The molecule has 2 aromatic rings. The molecule has 1 unspecified atom stereocenters. The van der Waals surface area contributed by atoms with E-state index in [4.69, 9.17) is 0 Å². The van der Waals surface area contributed by atoms with E-state index in [2.05, 4.69) is 47.1 Å². The van der Waals surface area contributed by atoms with Gasteiger partial charge in [0.25, 0.3) is 0 Å². The number of hydrogen-bond acceptors (Lipinski definition) is 3. The van der Waals surface area contributed by atoms with Crippen LogP contribution < -0.4 is 0 Å². The molecule has 1 heterocycles. The fourth-order valence-electron chi connectivity index (χ4n) is 6.02. The van der Waals surface area contributed by atoms with Crippen molar-refractivity contribution in [3.05, 3.63) is 70.4 Å². The van der Waals surface area contributed by atoms with Crippen molar-refractivity contribution >= 4 is 11.5 Å². The monoisotopic (exact) mass is 440 g/mol. The Morgan fingerprint density at radius 3 is 2.67 bits per heavy atom. The second kappa shape index (κ2) is 9.77. The molecule has 3 aliphatic rings. The van der Waals surface area contributed by atoms with Gasteiger partial charge in [0, 0.05) is 23.9 Å². The summed E-state index contributed by atoms with van der Waals surface area (Å²) in [5, 5.41) is 0. The predicted molar refractivity (Wildman–Crippen MR) is 138 cm³/mol. The number of aliphatic imine (C=N–C) groups is 1. The molecule has 0 aromatic heterocycles. The van der Waals surface area contributed by atoms with E-state index in [0.29, 0.717) is 18.1 Å². The summed E-state index contributed by atoms with van der Waals surface area (Å²) in [7, 11) is 0. The Morgan fingerprint density at radius 2 is 1.88 bits per heavy atom. The van der Waals surface area contributed by atoms with Crippen LogP contribution in [0.2, 0.25) is 0 Å². The van der Waals surface area contributed by atoms with E-state index in [9.17, 15) is 4.79 Å². The Labute approximate surface area is 198 Å². The molecular weight excluding hydrogens is 404 g/mol. The van der Waals surface area contributed by atoms with Gasteiger partial charge in [0.1, 0.15) is 0 Å². The fraction of sp³-hybridized carbons (Fsp3) is 0.467. The minimum atomic E-state index is 0.308. The SMILES string of the molecule is C/C=C\N=C(C)c1ccc2c(c1)-c1c(ccc3c1CCC3=O)C(CCN1CCCCCC1)C2. The van der Waals surface area contributed by atoms with E-state index in [1.807, 2.05) is 19.2 Å². The highest BCUT2D eigenvalue weighted by Crippen LogP contribution is 2.46. The van der Waals surface area contributed by atoms with Crippen molar-refractivity contribution in [3.8, 4) is 11.1 Å². The highest BCUT2D eigenvalue weighted by molar-refractivity contribution is 6.04. The topological polar surface area (TPSA) is 32.7 Å². The second-order valence-corrected chi connectivity index (χ2v) is 9.99. The molecular formula is C30H36N2O. The van der Waals surface area contributed by atoms with Gasteiger partial charge in [-0.1, -0.05) is 43.2 Å². The fourth-order valence-corrected chi connectivity index (χ4v) is 6.02. The van der Waals surface area contributed by atoms with Gasteiger partial charge in [-0.05, 0) is 111 Å². The van der Waals surface area contributed by atoms with Gasteiger partial charge in [-0.2, -0.15) is 0 Å². The van der Waals surface area contributed by atoms with Crippen LogP contribution in [0.1, 0.15) is 90.9 Å². The predicted octanol–water partition coefficient (Wildman–Crippen LogP) is 6.73. The van der Waals surface area contributed by atoms with E-state index in [-0.39, 0.29) is 0 Å². The lowest BCUT2D eigenvalue weighted by molar-refractivity contribution is 0.0994. The van der Waals surface area contributed by atoms with Crippen LogP contribution in [-0.4, -0.2) is 36.0 Å². The molecule has 1 saturated heterocycles. The summed E-state index contributed by atoms with van der Waals surface area (Å²) in [5.74, 6) is 0.836. The number of allylic oxidation sites excluding steroid dienone is 1. The third-order valence-electron chi connectivity index (χ3n) is 7.86. The zero-order valence-corrected chi connectivity index (χ0v) is 20.2. The van der Waals surface area contributed by atoms with Crippen LogP contribution in [0.25, 0.3) is 11.1 Å². The summed E-state index contributed by atoms with van der Waals surface area (Å²) in [5.41, 5.74) is 10.0. The molecule has 0 saturated carbocycles. The number of hydrogen-bond donors (Lipinski definition) is 0. The van der Waals surface area contributed by atoms with E-state index in [1.54, 1.807) is 0 Å². The molecule has 33 heavy (non-hydrogen) atoms. The summed E-state index contributed by atoms with van der Waals surface area (Å²) in [6.45, 7) is 7.76. The van der Waals surface area contributed by atoms with Gasteiger partial charge < -0.3 is 4.90 Å². The number of likely N-dealkylation sites (tertiary alicyclic amines) is 1. The molecule has 3 nitrogen and oxygen atoms in total. The first kappa shape index (κ1) is 22.3. The number of nitrogens with zero attached hydrogens (tertiary/aromatic N) is 2.